The van der Waals surface area contributed by atoms with E-state index in [0.29, 0.717) is 0 Å². The molecule has 0 aromatic heterocycles. The summed E-state index contributed by atoms with van der Waals surface area (Å²) in [5.41, 5.74) is 0.761. The van der Waals surface area contributed by atoms with E-state index in [1.54, 1.807) is 12.1 Å². The van der Waals surface area contributed by atoms with Gasteiger partial charge in [-0.25, -0.2) is 4.79 Å². The summed E-state index contributed by atoms with van der Waals surface area (Å²) in [6, 6.07) is 8.34. The number of rotatable bonds is 4. The van der Waals surface area contributed by atoms with Crippen LogP contribution < -0.4 is 5.32 Å². The highest BCUT2D eigenvalue weighted by Crippen LogP contribution is 2.16. The van der Waals surface area contributed by atoms with E-state index in [1.165, 1.54) is 20.3 Å². The Morgan fingerprint density at radius 2 is 1.59 bits per heavy atom. The Balaban J connectivity index is 2.09. The van der Waals surface area contributed by atoms with Crippen LogP contribution in [0.3, 0.4) is 0 Å². The zero-order valence-corrected chi connectivity index (χ0v) is 12.1. The Kier molecular flexibility index (Phi) is 4.36. The second-order valence-corrected chi connectivity index (χ2v) is 4.76. The van der Waals surface area contributed by atoms with Crippen LogP contribution >= 0.6 is 0 Å². The first-order chi connectivity index (χ1) is 10.4. The minimum absolute atomic E-state index is 0.676. The zero-order chi connectivity index (χ0) is 16.3. The van der Waals surface area contributed by atoms with Gasteiger partial charge < -0.3 is 5.32 Å². The maximum atomic E-state index is 12.1. The van der Waals surface area contributed by atoms with Gasteiger partial charge in [0, 0.05) is 26.0 Å². The number of benzene rings is 1. The molecule has 4 amide bonds. The number of nitrogens with zero attached hydrogens (tertiary/aromatic N) is 2. The van der Waals surface area contributed by atoms with E-state index in [-0.39, 0.29) is 0 Å². The van der Waals surface area contributed by atoms with E-state index in [2.05, 4.69) is 5.32 Å². The largest absolute Gasteiger partial charge is 0.362 e. The fourth-order valence-electron chi connectivity index (χ4n) is 2.00. The van der Waals surface area contributed by atoms with Crippen LogP contribution in [-0.4, -0.2) is 47.5 Å². The smallest absolute Gasteiger partial charge is 0.332 e. The van der Waals surface area contributed by atoms with Gasteiger partial charge >= 0.3 is 6.03 Å². The van der Waals surface area contributed by atoms with Gasteiger partial charge in [-0.05, 0) is 18.2 Å². The Labute approximate surface area is 127 Å². The minimum atomic E-state index is -1.51. The summed E-state index contributed by atoms with van der Waals surface area (Å²) in [5.74, 6) is -3.82. The van der Waals surface area contributed by atoms with E-state index in [4.69, 9.17) is 0 Å². The van der Waals surface area contributed by atoms with Crippen molar-refractivity contribution in [3.05, 3.63) is 42.6 Å². The van der Waals surface area contributed by atoms with E-state index < -0.39 is 29.5 Å². The number of carbonyl (C=O) groups is 4. The fraction of sp³-hybridized carbons (Fsp3) is 0.200. The van der Waals surface area contributed by atoms with Crippen LogP contribution in [0.5, 0.6) is 0 Å². The average Bonchev–Trinajstić information content (AvgIpc) is 2.52. The fourth-order valence-corrected chi connectivity index (χ4v) is 2.00. The molecule has 1 aromatic carbocycles. The SMILES string of the molecule is CN1C(=O)C(C(=O)/C=C/Nc2ccccc2)C(=O)N(C)C1=O. The Morgan fingerprint density at radius 3 is 2.14 bits per heavy atom. The van der Waals surface area contributed by atoms with Crippen LogP contribution in [0.15, 0.2) is 42.6 Å². The third-order valence-corrected chi connectivity index (χ3v) is 3.28. The van der Waals surface area contributed by atoms with Gasteiger partial charge in [-0.3, -0.25) is 24.2 Å². The number of hydrogen-bond donors (Lipinski definition) is 1. The van der Waals surface area contributed by atoms with Crippen LogP contribution in [0.4, 0.5) is 10.5 Å². The number of nitrogens with one attached hydrogen (secondary N) is 1. The molecule has 0 saturated carbocycles. The average molecular weight is 301 g/mol. The van der Waals surface area contributed by atoms with Gasteiger partial charge in [-0.1, -0.05) is 18.2 Å². The molecule has 0 unspecified atom stereocenters. The van der Waals surface area contributed by atoms with E-state index in [0.717, 1.165) is 21.6 Å². The van der Waals surface area contributed by atoms with Crippen molar-refractivity contribution in [3.8, 4) is 0 Å². The molecule has 1 aromatic rings. The predicted molar refractivity (Wildman–Crippen MR) is 78.6 cm³/mol. The lowest BCUT2D eigenvalue weighted by atomic mass is 9.99. The number of para-hydroxylation sites is 1. The topological polar surface area (TPSA) is 86.8 Å². The van der Waals surface area contributed by atoms with Crippen molar-refractivity contribution in [3.63, 3.8) is 0 Å². The highest BCUT2D eigenvalue weighted by Gasteiger charge is 2.45. The summed E-state index contributed by atoms with van der Waals surface area (Å²) in [6.45, 7) is 0. The van der Waals surface area contributed by atoms with Crippen molar-refractivity contribution < 1.29 is 19.2 Å². The molecule has 7 heteroatoms. The highest BCUT2D eigenvalue weighted by molar-refractivity contribution is 6.28. The quantitative estimate of drug-likeness (QED) is 0.658. The van der Waals surface area contributed by atoms with E-state index in [9.17, 15) is 19.2 Å². The number of ketones is 1. The Hall–Kier alpha value is -2.96. The number of carbonyl (C=O) groups excluding carboxylic acids is 4. The molecule has 2 rings (SSSR count). The van der Waals surface area contributed by atoms with Crippen LogP contribution in [0.2, 0.25) is 0 Å². The van der Waals surface area contributed by atoms with Crippen LogP contribution in [0, 0.1) is 5.92 Å². The molecule has 0 atom stereocenters. The molecule has 1 aliphatic rings. The molecule has 1 aliphatic heterocycles. The number of imide groups is 2. The molecule has 22 heavy (non-hydrogen) atoms. The van der Waals surface area contributed by atoms with Crippen molar-refractivity contribution in [2.24, 2.45) is 5.92 Å². The molecular weight excluding hydrogens is 286 g/mol. The van der Waals surface area contributed by atoms with Gasteiger partial charge in [0.05, 0.1) is 0 Å². The van der Waals surface area contributed by atoms with Gasteiger partial charge in [0.1, 0.15) is 0 Å². The van der Waals surface area contributed by atoms with E-state index >= 15 is 0 Å². The summed E-state index contributed by atoms with van der Waals surface area (Å²) >= 11 is 0. The lowest BCUT2D eigenvalue weighted by Gasteiger charge is -2.31. The molecule has 0 aliphatic carbocycles. The van der Waals surface area contributed by atoms with Crippen molar-refractivity contribution in [1.82, 2.24) is 9.80 Å². The molecule has 1 fully saturated rings. The molecule has 0 radical (unpaired) electrons. The third kappa shape index (κ3) is 2.88. The summed E-state index contributed by atoms with van der Waals surface area (Å²) in [6.07, 6.45) is 2.47. The second kappa shape index (κ2) is 6.21. The van der Waals surface area contributed by atoms with Gasteiger partial charge in [-0.15, -0.1) is 0 Å². The second-order valence-electron chi connectivity index (χ2n) is 4.76. The first-order valence-electron chi connectivity index (χ1n) is 6.54. The number of allylic oxidation sites excluding steroid dienone is 1. The maximum absolute atomic E-state index is 12.1. The molecule has 1 N–H and O–H groups in total. The number of barbiturate groups is 1. The van der Waals surface area contributed by atoms with Crippen LogP contribution in [0.25, 0.3) is 0 Å². The molecule has 1 heterocycles. The number of anilines is 1. The van der Waals surface area contributed by atoms with Crippen molar-refractivity contribution in [2.45, 2.75) is 0 Å². The number of hydrogen-bond acceptors (Lipinski definition) is 5. The van der Waals surface area contributed by atoms with Crippen molar-refractivity contribution in [2.75, 3.05) is 19.4 Å². The number of amides is 4. The summed E-state index contributed by atoms with van der Waals surface area (Å²) in [5, 5.41) is 2.86. The monoisotopic (exact) mass is 301 g/mol. The van der Waals surface area contributed by atoms with Crippen molar-refractivity contribution >= 4 is 29.3 Å². The molecule has 114 valence electrons. The lowest BCUT2D eigenvalue weighted by molar-refractivity contribution is -0.150. The van der Waals surface area contributed by atoms with Crippen LogP contribution in [-0.2, 0) is 14.4 Å². The highest BCUT2D eigenvalue weighted by atomic mass is 16.2. The molecule has 7 nitrogen and oxygen atoms in total. The molecular formula is C15H15N3O4. The Morgan fingerprint density at radius 1 is 1.05 bits per heavy atom. The first kappa shape index (κ1) is 15.4. The van der Waals surface area contributed by atoms with Gasteiger partial charge in [0.15, 0.2) is 11.7 Å². The first-order valence-corrected chi connectivity index (χ1v) is 6.54. The summed E-state index contributed by atoms with van der Waals surface area (Å²) in [4.78, 5) is 49.1. The van der Waals surface area contributed by atoms with E-state index in [1.807, 2.05) is 18.2 Å². The zero-order valence-electron chi connectivity index (χ0n) is 12.1. The van der Waals surface area contributed by atoms with Gasteiger partial charge in [-0.2, -0.15) is 0 Å². The number of urea groups is 1. The standard InChI is InChI=1S/C15H15N3O4/c1-17-13(20)12(14(21)18(2)15(17)22)11(19)8-9-16-10-6-4-3-5-7-10/h3-9,12,16H,1-2H3/b9-8+. The Bertz CT molecular complexity index is 630. The van der Waals surface area contributed by atoms with Gasteiger partial charge in [0.25, 0.3) is 11.8 Å². The molecule has 1 saturated heterocycles. The summed E-state index contributed by atoms with van der Waals surface area (Å²) in [7, 11) is 2.47. The van der Waals surface area contributed by atoms with Crippen molar-refractivity contribution in [1.29, 1.82) is 0 Å². The normalized spacial score (nSPS) is 16.5. The van der Waals surface area contributed by atoms with Gasteiger partial charge in [0.2, 0.25) is 0 Å². The molecule has 0 bridgehead atoms. The van der Waals surface area contributed by atoms with Crippen LogP contribution in [0.1, 0.15) is 0 Å². The minimum Gasteiger partial charge on any atom is -0.362 e. The summed E-state index contributed by atoms with van der Waals surface area (Å²) < 4.78 is 0. The molecule has 0 spiro atoms. The predicted octanol–water partition coefficient (Wildman–Crippen LogP) is 0.848. The third-order valence-electron chi connectivity index (χ3n) is 3.28. The lowest BCUT2D eigenvalue weighted by Crippen LogP contribution is -2.58. The maximum Gasteiger partial charge on any atom is 0.332 e.